The summed E-state index contributed by atoms with van der Waals surface area (Å²) in [6.45, 7) is 5.98. The van der Waals surface area contributed by atoms with Crippen LogP contribution in [0.1, 0.15) is 26.2 Å². The molecule has 1 aromatic rings. The van der Waals surface area contributed by atoms with Crippen LogP contribution in [0.4, 0.5) is 5.95 Å². The molecule has 0 aromatic carbocycles. The van der Waals surface area contributed by atoms with Gasteiger partial charge in [0, 0.05) is 58.6 Å². The number of carbonyl (C=O) groups excluding carboxylic acids is 2. The summed E-state index contributed by atoms with van der Waals surface area (Å²) in [6, 6.07) is 1.81. The molecule has 130 valence electrons. The standard InChI is InChI=1S/C17H25N5O2/c1-14(23)22-8-2-5-15(13-22)16(24)20-9-4-10-21(12-11-20)17-18-6-3-7-19-17/h3,6-7,15H,2,4-5,8-13H2,1H3/t15-/m0/s1. The van der Waals surface area contributed by atoms with E-state index in [1.807, 2.05) is 4.90 Å². The van der Waals surface area contributed by atoms with Crippen molar-refractivity contribution in [2.45, 2.75) is 26.2 Å². The van der Waals surface area contributed by atoms with Crippen LogP contribution < -0.4 is 4.90 Å². The fraction of sp³-hybridized carbons (Fsp3) is 0.647. The van der Waals surface area contributed by atoms with E-state index in [4.69, 9.17) is 0 Å². The Kier molecular flexibility index (Phi) is 5.27. The lowest BCUT2D eigenvalue weighted by atomic mass is 9.96. The Hall–Kier alpha value is -2.18. The topological polar surface area (TPSA) is 69.6 Å². The summed E-state index contributed by atoms with van der Waals surface area (Å²) in [7, 11) is 0. The zero-order valence-corrected chi connectivity index (χ0v) is 14.2. The van der Waals surface area contributed by atoms with Crippen LogP contribution in [-0.4, -0.2) is 70.9 Å². The minimum atomic E-state index is -0.0535. The van der Waals surface area contributed by atoms with Crippen molar-refractivity contribution in [3.05, 3.63) is 18.5 Å². The van der Waals surface area contributed by atoms with Gasteiger partial charge in [0.1, 0.15) is 0 Å². The highest BCUT2D eigenvalue weighted by molar-refractivity contribution is 5.81. The number of nitrogens with zero attached hydrogens (tertiary/aromatic N) is 5. The maximum absolute atomic E-state index is 12.9. The van der Waals surface area contributed by atoms with Gasteiger partial charge in [-0.2, -0.15) is 0 Å². The molecule has 2 aliphatic heterocycles. The van der Waals surface area contributed by atoms with Crippen LogP contribution in [0.2, 0.25) is 0 Å². The molecule has 0 unspecified atom stereocenters. The summed E-state index contributed by atoms with van der Waals surface area (Å²) >= 11 is 0. The molecule has 1 atom stereocenters. The van der Waals surface area contributed by atoms with Gasteiger partial charge in [0.05, 0.1) is 5.92 Å². The van der Waals surface area contributed by atoms with E-state index in [1.165, 1.54) is 0 Å². The maximum Gasteiger partial charge on any atom is 0.227 e. The van der Waals surface area contributed by atoms with Crippen molar-refractivity contribution >= 4 is 17.8 Å². The fourth-order valence-corrected chi connectivity index (χ4v) is 3.52. The Morgan fingerprint density at radius 1 is 1.00 bits per heavy atom. The highest BCUT2D eigenvalue weighted by Crippen LogP contribution is 2.20. The molecule has 0 saturated carbocycles. The van der Waals surface area contributed by atoms with E-state index in [1.54, 1.807) is 30.3 Å². The van der Waals surface area contributed by atoms with Gasteiger partial charge in [0.25, 0.3) is 0 Å². The van der Waals surface area contributed by atoms with E-state index in [2.05, 4.69) is 14.9 Å². The van der Waals surface area contributed by atoms with Crippen LogP contribution in [0, 0.1) is 5.92 Å². The van der Waals surface area contributed by atoms with Gasteiger partial charge in [-0.05, 0) is 25.3 Å². The molecule has 3 rings (SSSR count). The SMILES string of the molecule is CC(=O)N1CCC[C@H](C(=O)N2CCCN(c3ncccn3)CC2)C1. The molecular formula is C17H25N5O2. The molecule has 0 spiro atoms. The van der Waals surface area contributed by atoms with E-state index in [0.29, 0.717) is 13.1 Å². The third-order valence-corrected chi connectivity index (χ3v) is 4.86. The first-order chi connectivity index (χ1) is 11.6. The molecule has 0 N–H and O–H groups in total. The monoisotopic (exact) mass is 331 g/mol. The quantitative estimate of drug-likeness (QED) is 0.801. The molecule has 2 amide bonds. The van der Waals surface area contributed by atoms with E-state index < -0.39 is 0 Å². The lowest BCUT2D eigenvalue weighted by Gasteiger charge is -2.34. The summed E-state index contributed by atoms with van der Waals surface area (Å²) in [6.07, 6.45) is 6.19. The van der Waals surface area contributed by atoms with E-state index in [0.717, 1.165) is 51.4 Å². The summed E-state index contributed by atoms with van der Waals surface area (Å²) < 4.78 is 0. The zero-order chi connectivity index (χ0) is 16.9. The number of aromatic nitrogens is 2. The molecule has 3 heterocycles. The van der Waals surface area contributed by atoms with E-state index in [9.17, 15) is 9.59 Å². The number of hydrogen-bond donors (Lipinski definition) is 0. The number of likely N-dealkylation sites (tertiary alicyclic amines) is 1. The maximum atomic E-state index is 12.9. The summed E-state index contributed by atoms with van der Waals surface area (Å²) in [5.41, 5.74) is 0. The second-order valence-corrected chi connectivity index (χ2v) is 6.52. The minimum absolute atomic E-state index is 0.0535. The number of piperidine rings is 1. The predicted octanol–water partition coefficient (Wildman–Crippen LogP) is 0.774. The van der Waals surface area contributed by atoms with Crippen LogP contribution in [0.15, 0.2) is 18.5 Å². The van der Waals surface area contributed by atoms with Gasteiger partial charge >= 0.3 is 0 Å². The first-order valence-electron chi connectivity index (χ1n) is 8.71. The lowest BCUT2D eigenvalue weighted by Crippen LogP contribution is -2.47. The van der Waals surface area contributed by atoms with E-state index in [-0.39, 0.29) is 17.7 Å². The Balaban J connectivity index is 1.59. The van der Waals surface area contributed by atoms with Crippen molar-refractivity contribution in [2.24, 2.45) is 5.92 Å². The highest BCUT2D eigenvalue weighted by Gasteiger charge is 2.31. The molecule has 0 radical (unpaired) electrons. The Bertz CT molecular complexity index is 580. The van der Waals surface area contributed by atoms with Crippen molar-refractivity contribution in [1.82, 2.24) is 19.8 Å². The number of anilines is 1. The molecule has 7 heteroatoms. The van der Waals surface area contributed by atoms with Crippen LogP contribution in [0.25, 0.3) is 0 Å². The summed E-state index contributed by atoms with van der Waals surface area (Å²) in [5.74, 6) is 0.932. The molecule has 0 bridgehead atoms. The lowest BCUT2D eigenvalue weighted by molar-refractivity contribution is -0.140. The third kappa shape index (κ3) is 3.83. The Morgan fingerprint density at radius 3 is 2.50 bits per heavy atom. The number of rotatable bonds is 2. The highest BCUT2D eigenvalue weighted by atomic mass is 16.2. The van der Waals surface area contributed by atoms with Crippen molar-refractivity contribution in [3.63, 3.8) is 0 Å². The Labute approximate surface area is 142 Å². The van der Waals surface area contributed by atoms with Gasteiger partial charge in [-0.15, -0.1) is 0 Å². The van der Waals surface area contributed by atoms with Gasteiger partial charge < -0.3 is 14.7 Å². The van der Waals surface area contributed by atoms with Gasteiger partial charge in [-0.1, -0.05) is 0 Å². The predicted molar refractivity (Wildman–Crippen MR) is 90.4 cm³/mol. The average Bonchev–Trinajstić information content (AvgIpc) is 2.88. The first-order valence-corrected chi connectivity index (χ1v) is 8.71. The van der Waals surface area contributed by atoms with Crippen LogP contribution in [-0.2, 0) is 9.59 Å². The van der Waals surface area contributed by atoms with Crippen LogP contribution >= 0.6 is 0 Å². The second kappa shape index (κ2) is 7.59. The van der Waals surface area contributed by atoms with Crippen molar-refractivity contribution in [2.75, 3.05) is 44.2 Å². The largest absolute Gasteiger partial charge is 0.342 e. The van der Waals surface area contributed by atoms with Crippen LogP contribution in [0.3, 0.4) is 0 Å². The molecule has 1 aromatic heterocycles. The van der Waals surface area contributed by atoms with Crippen LogP contribution in [0.5, 0.6) is 0 Å². The molecule has 7 nitrogen and oxygen atoms in total. The third-order valence-electron chi connectivity index (χ3n) is 4.86. The normalized spacial score (nSPS) is 22.2. The minimum Gasteiger partial charge on any atom is -0.342 e. The Morgan fingerprint density at radius 2 is 1.75 bits per heavy atom. The van der Waals surface area contributed by atoms with Gasteiger partial charge in [-0.25, -0.2) is 9.97 Å². The van der Waals surface area contributed by atoms with Gasteiger partial charge in [0.2, 0.25) is 17.8 Å². The zero-order valence-electron chi connectivity index (χ0n) is 14.2. The van der Waals surface area contributed by atoms with Crippen molar-refractivity contribution < 1.29 is 9.59 Å². The van der Waals surface area contributed by atoms with Crippen molar-refractivity contribution in [3.8, 4) is 0 Å². The van der Waals surface area contributed by atoms with Gasteiger partial charge in [-0.3, -0.25) is 9.59 Å². The first kappa shape index (κ1) is 16.7. The summed E-state index contributed by atoms with van der Waals surface area (Å²) in [5, 5.41) is 0. The smallest absolute Gasteiger partial charge is 0.227 e. The van der Waals surface area contributed by atoms with Crippen molar-refractivity contribution in [1.29, 1.82) is 0 Å². The summed E-state index contributed by atoms with van der Waals surface area (Å²) in [4.78, 5) is 38.9. The molecule has 0 aliphatic carbocycles. The molecular weight excluding hydrogens is 306 g/mol. The number of amides is 2. The fourth-order valence-electron chi connectivity index (χ4n) is 3.52. The molecule has 2 saturated heterocycles. The second-order valence-electron chi connectivity index (χ2n) is 6.52. The molecule has 2 fully saturated rings. The number of hydrogen-bond acceptors (Lipinski definition) is 5. The molecule has 24 heavy (non-hydrogen) atoms. The molecule has 2 aliphatic rings. The van der Waals surface area contributed by atoms with E-state index >= 15 is 0 Å². The average molecular weight is 331 g/mol. The number of carbonyl (C=O) groups is 2. The van der Waals surface area contributed by atoms with Gasteiger partial charge in [0.15, 0.2) is 0 Å².